The summed E-state index contributed by atoms with van der Waals surface area (Å²) in [6.07, 6.45) is -7.60. The van der Waals surface area contributed by atoms with E-state index >= 15 is 0 Å². The molecule has 250 valence electrons. The average molecular weight is 680 g/mol. The Kier molecular flexibility index (Phi) is 5.12. The molecule has 5 nitrogen and oxygen atoms in total. The number of hydrogen-bond acceptors (Lipinski definition) is 3. The van der Waals surface area contributed by atoms with Gasteiger partial charge < -0.3 is 4.57 Å². The van der Waals surface area contributed by atoms with E-state index in [4.69, 9.17) is 11.0 Å². The average Bonchev–Trinajstić information content (AvgIpc) is 3.77. The zero-order valence-corrected chi connectivity index (χ0v) is 28.2. The fraction of sp³-hybridized carbons (Fsp3) is 0.170. The van der Waals surface area contributed by atoms with E-state index in [0.717, 1.165) is 47.7 Å². The van der Waals surface area contributed by atoms with Crippen molar-refractivity contribution in [1.29, 1.82) is 0 Å². The lowest BCUT2D eigenvalue weighted by Gasteiger charge is -2.15. The molecule has 4 aliphatic carbocycles. The molecule has 3 aromatic heterocycles. The number of para-hydroxylation sites is 2. The Labute approximate surface area is 313 Å². The summed E-state index contributed by atoms with van der Waals surface area (Å²) < 4.78 is 76.8. The van der Waals surface area contributed by atoms with Crippen molar-refractivity contribution in [2.75, 3.05) is 0 Å². The van der Waals surface area contributed by atoms with Gasteiger partial charge in [0.05, 0.1) is 22.1 Å². The predicted molar refractivity (Wildman–Crippen MR) is 211 cm³/mol. The summed E-state index contributed by atoms with van der Waals surface area (Å²) in [6.45, 7) is 0. The Morgan fingerprint density at radius 1 is 0.442 bits per heavy atom. The Morgan fingerprint density at radius 3 is 1.79 bits per heavy atom. The molecule has 8 bridgehead atoms. The van der Waals surface area contributed by atoms with Crippen molar-refractivity contribution in [3.8, 4) is 11.6 Å². The molecule has 1 aliphatic heterocycles. The van der Waals surface area contributed by atoms with Gasteiger partial charge in [-0.1, -0.05) is 97.1 Å². The second kappa shape index (κ2) is 11.7. The lowest BCUT2D eigenvalue weighted by Crippen LogP contribution is -2.12. The van der Waals surface area contributed by atoms with Crippen LogP contribution in [0.1, 0.15) is 56.0 Å². The number of hydrogen-bond donors (Lipinski definition) is 0. The molecule has 0 atom stereocenters. The first-order chi connectivity index (χ1) is 28.8. The predicted octanol–water partition coefficient (Wildman–Crippen LogP) is 9.83. The van der Waals surface area contributed by atoms with Crippen LogP contribution >= 0.6 is 0 Å². The fourth-order valence-electron chi connectivity index (χ4n) is 8.16. The summed E-state index contributed by atoms with van der Waals surface area (Å²) in [5.41, 5.74) is 9.39. The highest BCUT2D eigenvalue weighted by molar-refractivity contribution is 6.13. The SMILES string of the molecule is [2H]C1([2H])c2cccc(c2)C([2H])([2H])C([2H])([2H])c2nc(-n3c4ccccc4c4cc(-n5c6ccccc6c6c7ccc(c65)CCc5ccc(cc5)CC7)ccc43)nc(n2)C1([2H])[2H]. The summed E-state index contributed by atoms with van der Waals surface area (Å²) in [5.74, 6) is -1.41. The molecule has 0 radical (unpaired) electrons. The van der Waals surface area contributed by atoms with Crippen LogP contribution in [-0.4, -0.2) is 24.1 Å². The standard InChI is InChI=1S/C47H37N5/c1-3-10-40-37(8-1)39-29-36(24-25-42(39)52(40)47-49-43-26-18-32-6-5-7-33(28-32)19-27-44(48-43)50-47)51-41-11-4-2-9-38(41)45-34-20-16-30-12-14-31(15-13-30)17-21-35(23-22-34)46(45)51/h1-15,22-25,28-29H,16-21,26-27H2/i18D2,19D2,26D2,27D2. The van der Waals surface area contributed by atoms with Gasteiger partial charge >= 0.3 is 0 Å². The first-order valence-electron chi connectivity index (χ1n) is 21.8. The minimum absolute atomic E-state index is 0.143. The number of aryl methyl sites for hydroxylation is 8. The number of nitrogens with zero attached hydrogens (tertiary/aromatic N) is 5. The van der Waals surface area contributed by atoms with Gasteiger partial charge in [-0.3, -0.25) is 4.57 Å². The van der Waals surface area contributed by atoms with Crippen LogP contribution < -0.4 is 0 Å². The van der Waals surface area contributed by atoms with E-state index in [1.807, 2.05) is 36.4 Å². The van der Waals surface area contributed by atoms with E-state index in [0.29, 0.717) is 11.0 Å². The molecule has 0 fully saturated rings. The van der Waals surface area contributed by atoms with Gasteiger partial charge in [-0.05, 0) is 102 Å². The first kappa shape index (κ1) is 22.7. The van der Waals surface area contributed by atoms with E-state index in [1.165, 1.54) is 62.8 Å². The molecule has 52 heavy (non-hydrogen) atoms. The van der Waals surface area contributed by atoms with Crippen molar-refractivity contribution in [2.24, 2.45) is 0 Å². The second-order valence-electron chi connectivity index (χ2n) is 13.7. The topological polar surface area (TPSA) is 48.5 Å². The number of benzene rings is 6. The molecule has 9 aromatic rings. The van der Waals surface area contributed by atoms with E-state index in [1.54, 1.807) is 4.57 Å². The monoisotopic (exact) mass is 679 g/mol. The second-order valence-corrected chi connectivity index (χ2v) is 13.7. The van der Waals surface area contributed by atoms with Gasteiger partial charge in [0.2, 0.25) is 5.95 Å². The minimum Gasteiger partial charge on any atom is -0.309 e. The number of fused-ring (bicyclic) bond motifs is 8. The Balaban J connectivity index is 1.16. The lowest BCUT2D eigenvalue weighted by atomic mass is 9.93. The van der Waals surface area contributed by atoms with Crippen molar-refractivity contribution in [3.63, 3.8) is 0 Å². The molecule has 0 saturated heterocycles. The molecular formula is C47H37N5. The molecule has 0 unspecified atom stereocenters. The molecule has 0 N–H and O–H groups in total. The normalized spacial score (nSPS) is 20.5. The van der Waals surface area contributed by atoms with Gasteiger partial charge in [-0.15, -0.1) is 0 Å². The van der Waals surface area contributed by atoms with Crippen molar-refractivity contribution in [1.82, 2.24) is 24.1 Å². The summed E-state index contributed by atoms with van der Waals surface area (Å²) in [5, 5.41) is 4.13. The number of rotatable bonds is 2. The molecule has 0 amide bonds. The molecule has 4 heterocycles. The maximum Gasteiger partial charge on any atom is 0.238 e. The zero-order valence-electron chi connectivity index (χ0n) is 36.2. The maximum atomic E-state index is 9.16. The lowest BCUT2D eigenvalue weighted by molar-refractivity contribution is 0.744. The van der Waals surface area contributed by atoms with Gasteiger partial charge in [-0.25, -0.2) is 4.98 Å². The third-order valence-corrected chi connectivity index (χ3v) is 10.6. The molecule has 0 saturated carbocycles. The zero-order chi connectivity index (χ0) is 41.3. The molecule has 14 rings (SSSR count). The van der Waals surface area contributed by atoms with Gasteiger partial charge in [0.15, 0.2) is 0 Å². The van der Waals surface area contributed by atoms with Crippen LogP contribution in [-0.2, 0) is 51.2 Å². The van der Waals surface area contributed by atoms with Crippen molar-refractivity contribution in [2.45, 2.75) is 51.2 Å². The van der Waals surface area contributed by atoms with E-state index < -0.39 is 37.1 Å². The summed E-state index contributed by atoms with van der Waals surface area (Å²) >= 11 is 0. The quantitative estimate of drug-likeness (QED) is 0.183. The van der Waals surface area contributed by atoms with Crippen molar-refractivity contribution in [3.05, 3.63) is 172 Å². The Hall–Kier alpha value is -6.07. The van der Waals surface area contributed by atoms with Gasteiger partial charge in [0.1, 0.15) is 11.6 Å². The summed E-state index contributed by atoms with van der Waals surface area (Å²) in [7, 11) is 0. The van der Waals surface area contributed by atoms with Crippen LogP contribution in [0.25, 0.3) is 55.2 Å². The summed E-state index contributed by atoms with van der Waals surface area (Å²) in [4.78, 5) is 13.4. The summed E-state index contributed by atoms with van der Waals surface area (Å²) in [6, 6.07) is 41.3. The fourth-order valence-corrected chi connectivity index (χ4v) is 8.16. The highest BCUT2D eigenvalue weighted by Crippen LogP contribution is 2.40. The molecule has 5 heteroatoms. The van der Waals surface area contributed by atoms with E-state index in [2.05, 4.69) is 86.2 Å². The van der Waals surface area contributed by atoms with Gasteiger partial charge in [-0.2, -0.15) is 9.97 Å². The third-order valence-electron chi connectivity index (χ3n) is 10.6. The van der Waals surface area contributed by atoms with Crippen LogP contribution in [0.4, 0.5) is 0 Å². The van der Waals surface area contributed by atoms with E-state index in [-0.39, 0.29) is 17.1 Å². The van der Waals surface area contributed by atoms with Crippen LogP contribution in [0, 0.1) is 0 Å². The molecular weight excluding hydrogens is 635 g/mol. The van der Waals surface area contributed by atoms with Crippen molar-refractivity contribution < 1.29 is 11.0 Å². The third kappa shape index (κ3) is 4.80. The van der Waals surface area contributed by atoms with Crippen LogP contribution in [0.15, 0.2) is 127 Å². The Bertz CT molecular complexity index is 3180. The molecule has 6 aromatic carbocycles. The van der Waals surface area contributed by atoms with Crippen molar-refractivity contribution >= 4 is 43.6 Å². The highest BCUT2D eigenvalue weighted by Gasteiger charge is 2.22. The smallest absolute Gasteiger partial charge is 0.238 e. The van der Waals surface area contributed by atoms with Gasteiger partial charge in [0, 0.05) is 50.9 Å². The molecule has 5 aliphatic rings. The van der Waals surface area contributed by atoms with Crippen LogP contribution in [0.2, 0.25) is 0 Å². The van der Waals surface area contributed by atoms with Gasteiger partial charge in [0.25, 0.3) is 0 Å². The minimum atomic E-state index is -2.88. The first-order valence-corrected chi connectivity index (χ1v) is 17.8. The molecule has 0 spiro atoms. The number of aromatic nitrogens is 5. The van der Waals surface area contributed by atoms with E-state index in [9.17, 15) is 0 Å². The van der Waals surface area contributed by atoms with Crippen LogP contribution in [0.5, 0.6) is 0 Å². The maximum absolute atomic E-state index is 9.16. The highest BCUT2D eigenvalue weighted by atomic mass is 15.2. The Morgan fingerprint density at radius 2 is 1.06 bits per heavy atom. The largest absolute Gasteiger partial charge is 0.309 e. The van der Waals surface area contributed by atoms with Crippen LogP contribution in [0.3, 0.4) is 0 Å².